The molecular weight excluding hydrogens is 848 g/mol. The Balaban J connectivity index is -0.0000000493. The molecule has 0 amide bonds. The number of alkyl halides is 20. The number of halogens is 20. The molecule has 0 saturated carbocycles. The van der Waals surface area contributed by atoms with Crippen LogP contribution in [0.4, 0.5) is 87.8 Å². The Morgan fingerprint density at radius 2 is 0.424 bits per heavy atom. The van der Waals surface area contributed by atoms with Crippen LogP contribution in [0.1, 0.15) is 165 Å². The topological polar surface area (TPSA) is 0 Å². The average molecular weight is 929 g/mol. The van der Waals surface area contributed by atoms with Crippen LogP contribution >= 0.6 is 0 Å². The molecule has 20 heteroatoms. The molecule has 0 aliphatic carbocycles. The first-order valence-corrected chi connectivity index (χ1v) is 18.2. The fourth-order valence-corrected chi connectivity index (χ4v) is 0.161. The van der Waals surface area contributed by atoms with Crippen LogP contribution in [0.25, 0.3) is 0 Å². The zero-order chi connectivity index (χ0) is 52.2. The van der Waals surface area contributed by atoms with Crippen molar-refractivity contribution in [2.75, 3.05) is 14.4 Å². The van der Waals surface area contributed by atoms with Gasteiger partial charge in [0.15, 0.2) is 5.41 Å². The van der Waals surface area contributed by atoms with Gasteiger partial charge in [-0.1, -0.05) is 145 Å². The highest BCUT2D eigenvalue weighted by Gasteiger charge is 2.64. The Labute approximate surface area is 344 Å². The van der Waals surface area contributed by atoms with E-state index >= 15 is 0 Å². The third-order valence-corrected chi connectivity index (χ3v) is 3.98. The van der Waals surface area contributed by atoms with Gasteiger partial charge in [0.1, 0.15) is 0 Å². The molecule has 0 heterocycles. The van der Waals surface area contributed by atoms with Crippen molar-refractivity contribution in [1.29, 1.82) is 0 Å². The molecule has 0 aromatic rings. The van der Waals surface area contributed by atoms with Crippen LogP contribution in [-0.2, 0) is 0 Å². The molecule has 0 aromatic heterocycles. The summed E-state index contributed by atoms with van der Waals surface area (Å²) < 4.78 is 223. The summed E-state index contributed by atoms with van der Waals surface area (Å²) in [6.45, 7) is 35.2. The minimum Gasteiger partial charge on any atom is -0.255 e. The zero-order valence-electron chi connectivity index (χ0n) is 39.8. The molecule has 0 saturated heterocycles. The summed E-state index contributed by atoms with van der Waals surface area (Å²) in [5.41, 5.74) is -4.69. The molecule has 0 unspecified atom stereocenters. The standard InChI is InChI=1S/C5H6F6.C5H9F3.C5H12.2C4H7F3.2C4H10.C3H5F3.C3H8.2CH3F/c1-3(2,4(6,7)8)5(9,10)11;1-4(2,3)5(6,7)8;1-5(2,3)4;2*1-3(2)4(5,6)7;2*1-4(2)3;1-2-3(4,5)6;1-3-2;2*1-2/h1-2H3;1-3H3;1-4H3;2*3H,1-2H3;2*4H,1-3H3;2H2,1H3;3H2,1-2H3;2*1H3. The van der Waals surface area contributed by atoms with E-state index in [1.165, 1.54) is 6.42 Å². The van der Waals surface area contributed by atoms with E-state index in [0.29, 0.717) is 19.8 Å². The summed E-state index contributed by atoms with van der Waals surface area (Å²) in [6.07, 6.45) is -26.0. The van der Waals surface area contributed by atoms with Crippen molar-refractivity contribution in [3.05, 3.63) is 0 Å². The number of hydrogen-bond donors (Lipinski definition) is 0. The third-order valence-electron chi connectivity index (χ3n) is 3.98. The van der Waals surface area contributed by atoms with E-state index < -0.39 is 66.1 Å². The molecule has 0 aromatic carbocycles. The number of rotatable bonds is 0. The van der Waals surface area contributed by atoms with E-state index in [0.717, 1.165) is 67.2 Å². The minimum atomic E-state index is -5.24. The monoisotopic (exact) mass is 929 g/mol. The average Bonchev–Trinajstić information content (AvgIpc) is 2.92. The molecule has 0 spiro atoms. The highest BCUT2D eigenvalue weighted by atomic mass is 19.4. The van der Waals surface area contributed by atoms with Gasteiger partial charge in [0.05, 0.1) is 19.8 Å². The van der Waals surface area contributed by atoms with E-state index in [2.05, 4.69) is 83.1 Å². The van der Waals surface area contributed by atoms with Gasteiger partial charge < -0.3 is 0 Å². The van der Waals surface area contributed by atoms with E-state index in [1.54, 1.807) is 0 Å². The van der Waals surface area contributed by atoms with Crippen molar-refractivity contribution < 1.29 is 87.8 Å². The maximum atomic E-state index is 11.6. The first kappa shape index (κ1) is 85.0. The van der Waals surface area contributed by atoms with E-state index in [4.69, 9.17) is 0 Å². The molecule has 0 fully saturated rings. The SMILES string of the molecule is CC(C)(C(F)(F)F)C(F)(F)F.CC(C)(C)C.CC(C)(C)C(F)(F)F.CC(C)C.CC(C)C.CC(C)C(F)(F)F.CC(C)C(F)(F)F.CCC.CCC(F)(F)F.CF.CF. The van der Waals surface area contributed by atoms with Crippen molar-refractivity contribution in [2.45, 2.75) is 202 Å². The summed E-state index contributed by atoms with van der Waals surface area (Å²) >= 11 is 0. The van der Waals surface area contributed by atoms with Gasteiger partial charge in [-0.3, -0.25) is 8.78 Å². The zero-order valence-corrected chi connectivity index (χ0v) is 39.8. The van der Waals surface area contributed by atoms with Crippen LogP contribution in [0.15, 0.2) is 0 Å². The summed E-state index contributed by atoms with van der Waals surface area (Å²) in [5.74, 6) is -0.736. The van der Waals surface area contributed by atoms with Gasteiger partial charge in [-0.2, -0.15) is 79.0 Å². The first-order valence-electron chi connectivity index (χ1n) is 18.2. The van der Waals surface area contributed by atoms with E-state index in [1.807, 2.05) is 0 Å². The maximum absolute atomic E-state index is 11.6. The van der Waals surface area contributed by atoms with Gasteiger partial charge in [-0.05, 0) is 31.1 Å². The molecule has 0 nitrogen and oxygen atoms in total. The summed E-state index contributed by atoms with van der Waals surface area (Å²) in [6, 6.07) is 0. The van der Waals surface area contributed by atoms with Gasteiger partial charge in [-0.25, -0.2) is 0 Å². The largest absolute Gasteiger partial charge is 0.402 e. The van der Waals surface area contributed by atoms with Crippen LogP contribution in [0, 0.1) is 39.9 Å². The quantitative estimate of drug-likeness (QED) is 0.212. The van der Waals surface area contributed by atoms with Gasteiger partial charge in [0.2, 0.25) is 0 Å². The second kappa shape index (κ2) is 39.4. The fourth-order valence-electron chi connectivity index (χ4n) is 0.161. The maximum Gasteiger partial charge on any atom is 0.402 e. The summed E-state index contributed by atoms with van der Waals surface area (Å²) in [5, 5.41) is 0. The first-order chi connectivity index (χ1) is 25.1. The lowest BCUT2D eigenvalue weighted by molar-refractivity contribution is -0.327. The van der Waals surface area contributed by atoms with Gasteiger partial charge in [-0.15, -0.1) is 0 Å². The minimum absolute atomic E-state index is 0.104. The van der Waals surface area contributed by atoms with Crippen molar-refractivity contribution in [3.63, 3.8) is 0 Å². The van der Waals surface area contributed by atoms with Crippen molar-refractivity contribution in [2.24, 2.45) is 39.9 Å². The van der Waals surface area contributed by atoms with E-state index in [-0.39, 0.29) is 13.8 Å². The summed E-state index contributed by atoms with van der Waals surface area (Å²) in [4.78, 5) is 0. The molecule has 0 bridgehead atoms. The molecular formula is C39H80F20. The molecule has 0 radical (unpaired) electrons. The Hall–Kier alpha value is -1.40. The van der Waals surface area contributed by atoms with Gasteiger partial charge >= 0.3 is 37.1 Å². The van der Waals surface area contributed by atoms with Crippen molar-refractivity contribution in [1.82, 2.24) is 0 Å². The van der Waals surface area contributed by atoms with Crippen molar-refractivity contribution >= 4 is 0 Å². The van der Waals surface area contributed by atoms with Crippen LogP contribution in [0.5, 0.6) is 0 Å². The molecule has 0 atom stereocenters. The fraction of sp³-hybridized carbons (Fsp3) is 1.00. The van der Waals surface area contributed by atoms with Crippen LogP contribution in [0.2, 0.25) is 0 Å². The Morgan fingerprint density at radius 1 is 0.339 bits per heavy atom. The third kappa shape index (κ3) is 102. The molecule has 0 N–H and O–H groups in total. The Kier molecular flexibility index (Phi) is 56.8. The van der Waals surface area contributed by atoms with Gasteiger partial charge in [0, 0.05) is 18.3 Å². The van der Waals surface area contributed by atoms with Crippen LogP contribution < -0.4 is 0 Å². The van der Waals surface area contributed by atoms with Crippen LogP contribution in [0.3, 0.4) is 0 Å². The smallest absolute Gasteiger partial charge is 0.255 e. The van der Waals surface area contributed by atoms with Crippen molar-refractivity contribution in [3.8, 4) is 0 Å². The lowest BCUT2D eigenvalue weighted by Gasteiger charge is -2.29. The van der Waals surface area contributed by atoms with Crippen LogP contribution in [-0.4, -0.2) is 51.4 Å². The lowest BCUT2D eigenvalue weighted by atomic mass is 9.92. The highest BCUT2D eigenvalue weighted by molar-refractivity contribution is 4.84. The second-order valence-corrected chi connectivity index (χ2v) is 16.9. The summed E-state index contributed by atoms with van der Waals surface area (Å²) in [7, 11) is 1.00. The predicted octanol–water partition coefficient (Wildman–Crippen LogP) is 20.1. The highest BCUT2D eigenvalue weighted by Crippen LogP contribution is 2.49. The van der Waals surface area contributed by atoms with E-state index in [9.17, 15) is 87.8 Å². The molecule has 59 heavy (non-hydrogen) atoms. The predicted molar refractivity (Wildman–Crippen MR) is 206 cm³/mol. The van der Waals surface area contributed by atoms with Gasteiger partial charge in [0.25, 0.3) is 0 Å². The number of hydrogen-bond acceptors (Lipinski definition) is 0. The second-order valence-electron chi connectivity index (χ2n) is 16.9. The Bertz CT molecular complexity index is 731. The normalized spacial score (nSPS) is 11.8. The molecule has 376 valence electrons. The molecule has 0 aliphatic heterocycles. The lowest BCUT2D eigenvalue weighted by Crippen LogP contribution is -2.44. The molecule has 0 rings (SSSR count). The molecule has 0 aliphatic rings. The Morgan fingerprint density at radius 3 is 0.424 bits per heavy atom.